The second-order valence-electron chi connectivity index (χ2n) is 8.09. The number of methoxy groups -OCH3 is 1. The van der Waals surface area contributed by atoms with Gasteiger partial charge in [0.05, 0.1) is 24.0 Å². The van der Waals surface area contributed by atoms with Gasteiger partial charge in [0.25, 0.3) is 0 Å². The van der Waals surface area contributed by atoms with Gasteiger partial charge in [0.15, 0.2) is 23.3 Å². The third-order valence-electron chi connectivity index (χ3n) is 4.39. The molecule has 0 saturated carbocycles. The fourth-order valence-electron chi connectivity index (χ4n) is 3.03. The maximum absolute atomic E-state index is 14.1. The van der Waals surface area contributed by atoms with Crippen LogP contribution in [-0.2, 0) is 28.2 Å². The first kappa shape index (κ1) is 20.0. The monoisotopic (exact) mass is 392 g/mol. The summed E-state index contributed by atoms with van der Waals surface area (Å²) >= 11 is 0. The molecule has 2 N–H and O–H groups in total. The molecule has 28 heavy (non-hydrogen) atoms. The van der Waals surface area contributed by atoms with Crippen molar-refractivity contribution in [3.05, 3.63) is 29.1 Å². The van der Waals surface area contributed by atoms with Crippen LogP contribution in [-0.4, -0.2) is 43.9 Å². The Kier molecular flexibility index (Phi) is 5.00. The van der Waals surface area contributed by atoms with Crippen LogP contribution >= 0.6 is 0 Å². The van der Waals surface area contributed by atoms with Crippen molar-refractivity contribution < 1.29 is 18.7 Å². The van der Waals surface area contributed by atoms with E-state index in [1.165, 1.54) is 7.11 Å². The van der Waals surface area contributed by atoms with Crippen LogP contribution in [0.25, 0.3) is 0 Å². The molecule has 1 aliphatic heterocycles. The molecule has 2 aromatic heterocycles. The van der Waals surface area contributed by atoms with Crippen molar-refractivity contribution in [2.45, 2.75) is 58.9 Å². The molecule has 0 atom stereocenters. The van der Waals surface area contributed by atoms with E-state index in [1.807, 2.05) is 34.6 Å². The number of anilines is 2. The zero-order valence-corrected chi connectivity index (χ0v) is 16.9. The molecule has 0 unspecified atom stereocenters. The Morgan fingerprint density at radius 3 is 2.75 bits per heavy atom. The van der Waals surface area contributed by atoms with Crippen LogP contribution in [0.2, 0.25) is 0 Å². The normalized spacial score (nSPS) is 15.5. The molecule has 0 spiro atoms. The fourth-order valence-corrected chi connectivity index (χ4v) is 3.03. The summed E-state index contributed by atoms with van der Waals surface area (Å²) in [7, 11) is 1.51. The quantitative estimate of drug-likeness (QED) is 0.823. The predicted octanol–water partition coefficient (Wildman–Crippen LogP) is 3.21. The van der Waals surface area contributed by atoms with Crippen LogP contribution in [0, 0.1) is 5.82 Å². The van der Waals surface area contributed by atoms with Crippen molar-refractivity contribution in [1.82, 2.24) is 25.1 Å². The number of nitrogens with one attached hydrogen (secondary N) is 2. The number of rotatable bonds is 4. The average Bonchev–Trinajstić information content (AvgIpc) is 3.08. The first-order valence-electron chi connectivity index (χ1n) is 8.88. The highest BCUT2D eigenvalue weighted by Gasteiger charge is 2.45. The van der Waals surface area contributed by atoms with Gasteiger partial charge in [0.2, 0.25) is 0 Å². The van der Waals surface area contributed by atoms with Gasteiger partial charge in [-0.3, -0.25) is 10.00 Å². The molecule has 0 aliphatic carbocycles. The SMILES string of the molecule is COCc1ncc(F)c(Nc2n[nH]c3c2CN(C(=O)OC(C)(C)C)C3(C)C)n1. The molecule has 0 fully saturated rings. The van der Waals surface area contributed by atoms with Crippen molar-refractivity contribution in [2.75, 3.05) is 12.4 Å². The number of hydrogen-bond acceptors (Lipinski definition) is 7. The summed E-state index contributed by atoms with van der Waals surface area (Å²) in [4.78, 5) is 22.2. The lowest BCUT2D eigenvalue weighted by atomic mass is 10.0. The van der Waals surface area contributed by atoms with E-state index in [2.05, 4.69) is 25.5 Å². The van der Waals surface area contributed by atoms with Gasteiger partial charge < -0.3 is 14.8 Å². The topological polar surface area (TPSA) is 105 Å². The number of aromatic nitrogens is 4. The summed E-state index contributed by atoms with van der Waals surface area (Å²) in [5.41, 5.74) is 0.246. The Morgan fingerprint density at radius 2 is 2.11 bits per heavy atom. The zero-order chi connectivity index (χ0) is 20.7. The van der Waals surface area contributed by atoms with Gasteiger partial charge in [-0.25, -0.2) is 19.2 Å². The van der Waals surface area contributed by atoms with Gasteiger partial charge in [-0.05, 0) is 34.6 Å². The van der Waals surface area contributed by atoms with E-state index in [4.69, 9.17) is 9.47 Å². The average molecular weight is 392 g/mol. The van der Waals surface area contributed by atoms with Crippen molar-refractivity contribution in [2.24, 2.45) is 0 Å². The molecule has 9 nitrogen and oxygen atoms in total. The first-order valence-corrected chi connectivity index (χ1v) is 8.88. The van der Waals surface area contributed by atoms with Crippen LogP contribution in [0.4, 0.5) is 20.8 Å². The standard InChI is InChI=1S/C18H25FN6O3/c1-17(2,3)28-16(26)25-8-10-13(18(25,4)5)23-24-14(10)22-15-11(19)7-20-12(21-15)9-27-6/h7H,8-9H2,1-6H3,(H2,20,21,22,23,24). The van der Waals surface area contributed by atoms with E-state index >= 15 is 0 Å². The van der Waals surface area contributed by atoms with E-state index in [-0.39, 0.29) is 19.0 Å². The summed E-state index contributed by atoms with van der Waals surface area (Å²) in [5, 5.41) is 10.1. The minimum atomic E-state index is -0.657. The Labute approximate surface area is 162 Å². The molecule has 2 aromatic rings. The third-order valence-corrected chi connectivity index (χ3v) is 4.39. The lowest BCUT2D eigenvalue weighted by Gasteiger charge is -2.33. The van der Waals surface area contributed by atoms with Crippen LogP contribution in [0.3, 0.4) is 0 Å². The molecule has 1 amide bonds. The molecule has 0 aromatic carbocycles. The van der Waals surface area contributed by atoms with Crippen molar-refractivity contribution in [1.29, 1.82) is 0 Å². The second-order valence-corrected chi connectivity index (χ2v) is 8.09. The van der Waals surface area contributed by atoms with Gasteiger partial charge in [-0.1, -0.05) is 0 Å². The number of aromatic amines is 1. The van der Waals surface area contributed by atoms with Gasteiger partial charge >= 0.3 is 6.09 Å². The minimum absolute atomic E-state index is 0.00938. The van der Waals surface area contributed by atoms with E-state index in [0.29, 0.717) is 11.6 Å². The van der Waals surface area contributed by atoms with Crippen molar-refractivity contribution in [3.8, 4) is 0 Å². The number of carbonyl (C=O) groups is 1. The molecule has 1 aliphatic rings. The van der Waals surface area contributed by atoms with Gasteiger partial charge in [0.1, 0.15) is 12.2 Å². The summed E-state index contributed by atoms with van der Waals surface area (Å²) in [5.74, 6) is 0.118. The number of ether oxygens (including phenoxy) is 2. The number of halogens is 1. The third kappa shape index (κ3) is 3.77. The summed E-state index contributed by atoms with van der Waals surface area (Å²) < 4.78 is 24.6. The number of H-pyrrole nitrogens is 1. The highest BCUT2D eigenvalue weighted by atomic mass is 19.1. The number of amides is 1. The van der Waals surface area contributed by atoms with E-state index in [0.717, 1.165) is 17.5 Å². The van der Waals surface area contributed by atoms with Gasteiger partial charge in [0, 0.05) is 12.7 Å². The molecule has 0 radical (unpaired) electrons. The maximum Gasteiger partial charge on any atom is 0.411 e. The molecular weight excluding hydrogens is 367 g/mol. The first-order chi connectivity index (χ1) is 13.0. The number of fused-ring (bicyclic) bond motifs is 1. The van der Waals surface area contributed by atoms with E-state index < -0.39 is 23.1 Å². The lowest BCUT2D eigenvalue weighted by molar-refractivity contribution is 0.00452. The molecule has 3 heterocycles. The highest BCUT2D eigenvalue weighted by molar-refractivity contribution is 5.72. The van der Waals surface area contributed by atoms with Crippen LogP contribution in [0.5, 0.6) is 0 Å². The molecule has 0 bridgehead atoms. The summed E-state index contributed by atoms with van der Waals surface area (Å²) in [6.07, 6.45) is 0.650. The largest absolute Gasteiger partial charge is 0.444 e. The second kappa shape index (κ2) is 7.01. The van der Waals surface area contributed by atoms with Crippen LogP contribution in [0.15, 0.2) is 6.20 Å². The van der Waals surface area contributed by atoms with Crippen LogP contribution in [0.1, 0.15) is 51.7 Å². The fraction of sp³-hybridized carbons (Fsp3) is 0.556. The highest BCUT2D eigenvalue weighted by Crippen LogP contribution is 2.41. The molecular formula is C18H25FN6O3. The Balaban J connectivity index is 1.87. The zero-order valence-electron chi connectivity index (χ0n) is 16.9. The summed E-state index contributed by atoms with van der Waals surface area (Å²) in [6, 6.07) is 0. The number of hydrogen-bond donors (Lipinski definition) is 2. The van der Waals surface area contributed by atoms with Gasteiger partial charge in [-0.15, -0.1) is 0 Å². The molecule has 10 heteroatoms. The smallest absolute Gasteiger partial charge is 0.411 e. The predicted molar refractivity (Wildman–Crippen MR) is 99.4 cm³/mol. The molecule has 0 saturated heterocycles. The summed E-state index contributed by atoms with van der Waals surface area (Å²) in [6.45, 7) is 9.67. The number of carbonyl (C=O) groups excluding carboxylic acids is 1. The van der Waals surface area contributed by atoms with Crippen LogP contribution < -0.4 is 5.32 Å². The van der Waals surface area contributed by atoms with E-state index in [1.54, 1.807) is 4.90 Å². The Bertz CT molecular complexity index is 890. The van der Waals surface area contributed by atoms with Crippen molar-refractivity contribution in [3.63, 3.8) is 0 Å². The minimum Gasteiger partial charge on any atom is -0.444 e. The lowest BCUT2D eigenvalue weighted by Crippen LogP contribution is -2.43. The Hall–Kier alpha value is -2.75. The van der Waals surface area contributed by atoms with Gasteiger partial charge in [-0.2, -0.15) is 5.10 Å². The number of nitrogens with zero attached hydrogens (tertiary/aromatic N) is 4. The Morgan fingerprint density at radius 1 is 1.39 bits per heavy atom. The van der Waals surface area contributed by atoms with Crippen molar-refractivity contribution >= 4 is 17.7 Å². The van der Waals surface area contributed by atoms with E-state index in [9.17, 15) is 9.18 Å². The molecule has 152 valence electrons. The molecule has 3 rings (SSSR count). The maximum atomic E-state index is 14.1.